The summed E-state index contributed by atoms with van der Waals surface area (Å²) in [7, 11) is 0. The van der Waals surface area contributed by atoms with Crippen LogP contribution in [0.4, 0.5) is 14.5 Å². The number of hydrogen-bond acceptors (Lipinski definition) is 2. The number of amides is 1. The highest BCUT2D eigenvalue weighted by Gasteiger charge is 2.11. The maximum absolute atomic E-state index is 13.1. The smallest absolute Gasteiger partial charge is 0.238 e. The van der Waals surface area contributed by atoms with Gasteiger partial charge in [-0.1, -0.05) is 19.9 Å². The fourth-order valence-corrected chi connectivity index (χ4v) is 1.10. The molecule has 1 rings (SSSR count). The van der Waals surface area contributed by atoms with Crippen molar-refractivity contribution in [2.45, 2.75) is 19.9 Å². The fourth-order valence-electron chi connectivity index (χ4n) is 1.10. The highest BCUT2D eigenvalue weighted by Crippen LogP contribution is 2.17. The molecule has 1 aromatic carbocycles. The SMILES string of the molecule is CC(C)NCC(=O)Nc1c(F)cccc1F. The van der Waals surface area contributed by atoms with E-state index in [2.05, 4.69) is 10.6 Å². The van der Waals surface area contributed by atoms with Crippen LogP contribution < -0.4 is 10.6 Å². The quantitative estimate of drug-likeness (QED) is 0.826. The number of para-hydroxylation sites is 1. The fraction of sp³-hybridized carbons (Fsp3) is 0.364. The van der Waals surface area contributed by atoms with Gasteiger partial charge in [0.2, 0.25) is 5.91 Å². The van der Waals surface area contributed by atoms with Crippen LogP contribution in [-0.2, 0) is 4.79 Å². The average Bonchev–Trinajstić information content (AvgIpc) is 2.21. The maximum atomic E-state index is 13.1. The van der Waals surface area contributed by atoms with Gasteiger partial charge in [-0.3, -0.25) is 4.79 Å². The van der Waals surface area contributed by atoms with Crippen molar-refractivity contribution < 1.29 is 13.6 Å². The van der Waals surface area contributed by atoms with E-state index in [0.29, 0.717) is 0 Å². The largest absolute Gasteiger partial charge is 0.320 e. The van der Waals surface area contributed by atoms with Gasteiger partial charge in [0.05, 0.1) is 6.54 Å². The molecule has 1 aromatic rings. The van der Waals surface area contributed by atoms with Gasteiger partial charge in [0.25, 0.3) is 0 Å². The van der Waals surface area contributed by atoms with Crippen molar-refractivity contribution >= 4 is 11.6 Å². The predicted octanol–water partition coefficient (Wildman–Crippen LogP) is 1.90. The van der Waals surface area contributed by atoms with Gasteiger partial charge in [-0.15, -0.1) is 0 Å². The Morgan fingerprint density at radius 3 is 2.38 bits per heavy atom. The van der Waals surface area contributed by atoms with E-state index in [0.717, 1.165) is 12.1 Å². The minimum Gasteiger partial charge on any atom is -0.320 e. The van der Waals surface area contributed by atoms with Crippen molar-refractivity contribution in [3.63, 3.8) is 0 Å². The number of carbonyl (C=O) groups excluding carboxylic acids is 1. The van der Waals surface area contributed by atoms with Crippen molar-refractivity contribution in [1.82, 2.24) is 5.32 Å². The van der Waals surface area contributed by atoms with Crippen LogP contribution in [0, 0.1) is 11.6 Å². The Morgan fingerprint density at radius 2 is 1.88 bits per heavy atom. The molecule has 0 spiro atoms. The molecule has 0 aliphatic rings. The zero-order chi connectivity index (χ0) is 12.1. The van der Waals surface area contributed by atoms with E-state index in [9.17, 15) is 13.6 Å². The first-order chi connectivity index (χ1) is 7.50. The number of rotatable bonds is 4. The van der Waals surface area contributed by atoms with Crippen LogP contribution in [0.3, 0.4) is 0 Å². The Balaban J connectivity index is 2.63. The molecule has 0 radical (unpaired) electrons. The molecule has 2 N–H and O–H groups in total. The molecular weight excluding hydrogens is 214 g/mol. The molecule has 0 saturated heterocycles. The molecule has 0 atom stereocenters. The standard InChI is InChI=1S/C11H14F2N2O/c1-7(2)14-6-10(16)15-11-8(12)4-3-5-9(11)13/h3-5,7,14H,6H2,1-2H3,(H,15,16). The molecule has 0 aliphatic carbocycles. The lowest BCUT2D eigenvalue weighted by molar-refractivity contribution is -0.115. The molecule has 0 fully saturated rings. The molecule has 88 valence electrons. The number of halogens is 2. The summed E-state index contributed by atoms with van der Waals surface area (Å²) < 4.78 is 26.3. The van der Waals surface area contributed by atoms with Crippen molar-refractivity contribution in [3.05, 3.63) is 29.8 Å². The minimum atomic E-state index is -0.780. The highest BCUT2D eigenvalue weighted by atomic mass is 19.1. The maximum Gasteiger partial charge on any atom is 0.238 e. The zero-order valence-electron chi connectivity index (χ0n) is 9.18. The molecule has 0 aliphatic heterocycles. The van der Waals surface area contributed by atoms with E-state index < -0.39 is 23.2 Å². The highest BCUT2D eigenvalue weighted by molar-refractivity contribution is 5.92. The lowest BCUT2D eigenvalue weighted by Gasteiger charge is -2.09. The van der Waals surface area contributed by atoms with Gasteiger partial charge in [0, 0.05) is 6.04 Å². The average molecular weight is 228 g/mol. The molecular formula is C11H14F2N2O. The van der Waals surface area contributed by atoms with Gasteiger partial charge in [0.1, 0.15) is 17.3 Å². The predicted molar refractivity (Wildman–Crippen MR) is 58.1 cm³/mol. The first kappa shape index (κ1) is 12.6. The van der Waals surface area contributed by atoms with Gasteiger partial charge in [-0.25, -0.2) is 8.78 Å². The lowest BCUT2D eigenvalue weighted by atomic mass is 10.3. The Morgan fingerprint density at radius 1 is 1.31 bits per heavy atom. The summed E-state index contributed by atoms with van der Waals surface area (Å²) in [6, 6.07) is 3.56. The van der Waals surface area contributed by atoms with Gasteiger partial charge in [-0.05, 0) is 12.1 Å². The molecule has 0 unspecified atom stereocenters. The van der Waals surface area contributed by atoms with E-state index in [4.69, 9.17) is 0 Å². The number of hydrogen-bond donors (Lipinski definition) is 2. The number of carbonyl (C=O) groups is 1. The van der Waals surface area contributed by atoms with Gasteiger partial charge < -0.3 is 10.6 Å². The van der Waals surface area contributed by atoms with Gasteiger partial charge in [-0.2, -0.15) is 0 Å². The first-order valence-electron chi connectivity index (χ1n) is 4.98. The van der Waals surface area contributed by atoms with Crippen LogP contribution in [0.25, 0.3) is 0 Å². The van der Waals surface area contributed by atoms with Crippen molar-refractivity contribution in [2.24, 2.45) is 0 Å². The van der Waals surface area contributed by atoms with Gasteiger partial charge in [0.15, 0.2) is 0 Å². The monoisotopic (exact) mass is 228 g/mol. The number of nitrogens with one attached hydrogen (secondary N) is 2. The molecule has 0 heterocycles. The second-order valence-corrected chi connectivity index (χ2v) is 3.68. The summed E-state index contributed by atoms with van der Waals surface area (Å²) >= 11 is 0. The van der Waals surface area contributed by atoms with Crippen molar-refractivity contribution in [3.8, 4) is 0 Å². The van der Waals surface area contributed by atoms with Crippen LogP contribution in [0.2, 0.25) is 0 Å². The van der Waals surface area contributed by atoms with Crippen molar-refractivity contribution in [1.29, 1.82) is 0 Å². The Labute approximate surface area is 92.8 Å². The van der Waals surface area contributed by atoms with E-state index >= 15 is 0 Å². The molecule has 1 amide bonds. The van der Waals surface area contributed by atoms with Crippen LogP contribution in [0.5, 0.6) is 0 Å². The lowest BCUT2D eigenvalue weighted by Crippen LogP contribution is -2.33. The first-order valence-corrected chi connectivity index (χ1v) is 4.98. The third-order valence-corrected chi connectivity index (χ3v) is 1.90. The Hall–Kier alpha value is -1.49. The summed E-state index contributed by atoms with van der Waals surface area (Å²) in [4.78, 5) is 11.3. The molecule has 3 nitrogen and oxygen atoms in total. The van der Waals surface area contributed by atoms with Crippen LogP contribution in [0.15, 0.2) is 18.2 Å². The van der Waals surface area contributed by atoms with E-state index in [1.807, 2.05) is 13.8 Å². The summed E-state index contributed by atoms with van der Waals surface area (Å²) in [5.41, 5.74) is -0.405. The van der Waals surface area contributed by atoms with Gasteiger partial charge >= 0.3 is 0 Å². The van der Waals surface area contributed by atoms with Crippen LogP contribution in [-0.4, -0.2) is 18.5 Å². The second-order valence-electron chi connectivity index (χ2n) is 3.68. The molecule has 0 aromatic heterocycles. The Bertz CT molecular complexity index is 360. The molecule has 5 heteroatoms. The second kappa shape index (κ2) is 5.55. The number of anilines is 1. The molecule has 0 saturated carbocycles. The zero-order valence-corrected chi connectivity index (χ0v) is 9.18. The molecule has 0 bridgehead atoms. The van der Waals surface area contributed by atoms with Crippen LogP contribution >= 0.6 is 0 Å². The number of benzene rings is 1. The third kappa shape index (κ3) is 3.58. The van der Waals surface area contributed by atoms with Crippen LogP contribution in [0.1, 0.15) is 13.8 Å². The van der Waals surface area contributed by atoms with E-state index in [1.165, 1.54) is 6.07 Å². The summed E-state index contributed by atoms with van der Waals surface area (Å²) in [6.07, 6.45) is 0. The molecule has 16 heavy (non-hydrogen) atoms. The summed E-state index contributed by atoms with van der Waals surface area (Å²) in [6.45, 7) is 3.76. The third-order valence-electron chi connectivity index (χ3n) is 1.90. The van der Waals surface area contributed by atoms with E-state index in [-0.39, 0.29) is 12.6 Å². The summed E-state index contributed by atoms with van der Waals surface area (Å²) in [5.74, 6) is -2.03. The summed E-state index contributed by atoms with van der Waals surface area (Å²) in [5, 5.41) is 5.03. The Kier molecular flexibility index (Phi) is 4.37. The topological polar surface area (TPSA) is 41.1 Å². The normalized spacial score (nSPS) is 10.6. The van der Waals surface area contributed by atoms with Crippen molar-refractivity contribution in [2.75, 3.05) is 11.9 Å². The minimum absolute atomic E-state index is 0.0193. The van der Waals surface area contributed by atoms with E-state index in [1.54, 1.807) is 0 Å².